The average Bonchev–Trinajstić information content (AvgIpc) is 2.38. The van der Waals surface area contributed by atoms with E-state index in [0.29, 0.717) is 0 Å². The number of hydrogen-bond donors (Lipinski definition) is 1. The van der Waals surface area contributed by atoms with Crippen molar-refractivity contribution in [1.29, 1.82) is 0 Å². The van der Waals surface area contributed by atoms with Crippen molar-refractivity contribution in [3.63, 3.8) is 0 Å². The van der Waals surface area contributed by atoms with Gasteiger partial charge in [0.1, 0.15) is 0 Å². The van der Waals surface area contributed by atoms with Gasteiger partial charge in [-0.3, -0.25) is 0 Å². The van der Waals surface area contributed by atoms with Crippen LogP contribution in [0.3, 0.4) is 0 Å². The van der Waals surface area contributed by atoms with Crippen molar-refractivity contribution < 1.29 is 4.84 Å². The van der Waals surface area contributed by atoms with Gasteiger partial charge in [0.2, 0.25) is 0 Å². The Bertz CT molecular complexity index is 318. The van der Waals surface area contributed by atoms with E-state index in [1.54, 1.807) is 7.11 Å². The van der Waals surface area contributed by atoms with E-state index in [1.165, 1.54) is 43.2 Å². The summed E-state index contributed by atoms with van der Waals surface area (Å²) in [5, 5.41) is 0. The molecule has 0 radical (unpaired) electrons. The lowest BCUT2D eigenvalue weighted by Crippen LogP contribution is -2.14. The Hall–Kier alpha value is -0.860. The molecule has 1 N–H and O–H groups in total. The maximum Gasteiger partial charge on any atom is 0.0572 e. The second kappa shape index (κ2) is 6.02. The lowest BCUT2D eigenvalue weighted by molar-refractivity contribution is 0.0864. The number of benzene rings is 1. The molecule has 0 heterocycles. The first-order chi connectivity index (χ1) is 7.92. The van der Waals surface area contributed by atoms with Crippen LogP contribution in [0.1, 0.15) is 49.1 Å². The summed E-state index contributed by atoms with van der Waals surface area (Å²) in [6.45, 7) is 0.809. The molecular formula is C14H21NO. The van der Waals surface area contributed by atoms with Crippen LogP contribution in [-0.2, 0) is 11.4 Å². The van der Waals surface area contributed by atoms with Crippen LogP contribution in [-0.4, -0.2) is 7.11 Å². The van der Waals surface area contributed by atoms with E-state index in [4.69, 9.17) is 4.84 Å². The Morgan fingerprint density at radius 3 is 2.69 bits per heavy atom. The van der Waals surface area contributed by atoms with E-state index >= 15 is 0 Å². The van der Waals surface area contributed by atoms with Crippen molar-refractivity contribution in [2.45, 2.75) is 44.6 Å². The van der Waals surface area contributed by atoms with Crippen molar-refractivity contribution in [2.24, 2.45) is 0 Å². The molecule has 1 aromatic rings. The SMILES string of the molecule is CONCc1ccccc1C1CCCCC1. The van der Waals surface area contributed by atoms with Gasteiger partial charge in [-0.25, -0.2) is 0 Å². The largest absolute Gasteiger partial charge is 0.305 e. The monoisotopic (exact) mass is 219 g/mol. The summed E-state index contributed by atoms with van der Waals surface area (Å²) in [4.78, 5) is 4.94. The third kappa shape index (κ3) is 2.83. The average molecular weight is 219 g/mol. The highest BCUT2D eigenvalue weighted by Crippen LogP contribution is 2.34. The summed E-state index contributed by atoms with van der Waals surface area (Å²) in [6.07, 6.45) is 6.89. The van der Waals surface area contributed by atoms with E-state index in [2.05, 4.69) is 29.7 Å². The van der Waals surface area contributed by atoms with Gasteiger partial charge in [-0.2, -0.15) is 5.48 Å². The fraction of sp³-hybridized carbons (Fsp3) is 0.571. The standard InChI is InChI=1S/C14H21NO/c1-16-15-11-13-9-5-6-10-14(13)12-7-3-2-4-8-12/h5-6,9-10,12,15H,2-4,7-8,11H2,1H3. The Balaban J connectivity index is 2.11. The second-order valence-corrected chi connectivity index (χ2v) is 4.56. The minimum Gasteiger partial charge on any atom is -0.305 e. The quantitative estimate of drug-likeness (QED) is 0.784. The molecule has 0 aromatic heterocycles. The zero-order chi connectivity index (χ0) is 11.2. The molecule has 0 amide bonds. The van der Waals surface area contributed by atoms with Gasteiger partial charge >= 0.3 is 0 Å². The zero-order valence-corrected chi connectivity index (χ0v) is 10.0. The van der Waals surface area contributed by atoms with E-state index in [-0.39, 0.29) is 0 Å². The minimum atomic E-state index is 0.767. The fourth-order valence-electron chi connectivity index (χ4n) is 2.66. The van der Waals surface area contributed by atoms with Crippen LogP contribution in [0.15, 0.2) is 24.3 Å². The van der Waals surface area contributed by atoms with Gasteiger partial charge in [-0.05, 0) is 29.9 Å². The third-order valence-electron chi connectivity index (χ3n) is 3.51. The van der Waals surface area contributed by atoms with E-state index in [9.17, 15) is 0 Å². The van der Waals surface area contributed by atoms with Gasteiger partial charge in [0.05, 0.1) is 7.11 Å². The van der Waals surface area contributed by atoms with Crippen molar-refractivity contribution >= 4 is 0 Å². The molecule has 1 fully saturated rings. The second-order valence-electron chi connectivity index (χ2n) is 4.56. The highest BCUT2D eigenvalue weighted by atomic mass is 16.6. The smallest absolute Gasteiger partial charge is 0.0572 e. The molecule has 0 atom stereocenters. The molecule has 16 heavy (non-hydrogen) atoms. The van der Waals surface area contributed by atoms with Crippen LogP contribution in [0, 0.1) is 0 Å². The Labute approximate surface area is 98.0 Å². The van der Waals surface area contributed by atoms with Crippen molar-refractivity contribution in [3.05, 3.63) is 35.4 Å². The molecule has 0 aliphatic heterocycles. The van der Waals surface area contributed by atoms with Gasteiger partial charge < -0.3 is 4.84 Å². The summed E-state index contributed by atoms with van der Waals surface area (Å²) >= 11 is 0. The molecule has 2 rings (SSSR count). The van der Waals surface area contributed by atoms with E-state index < -0.39 is 0 Å². The Kier molecular flexibility index (Phi) is 4.37. The first-order valence-electron chi connectivity index (χ1n) is 6.25. The molecule has 0 saturated heterocycles. The molecule has 88 valence electrons. The van der Waals surface area contributed by atoms with Gasteiger partial charge in [-0.15, -0.1) is 0 Å². The molecule has 1 aromatic carbocycles. The Morgan fingerprint density at radius 1 is 1.19 bits per heavy atom. The fourth-order valence-corrected chi connectivity index (χ4v) is 2.66. The molecule has 2 heteroatoms. The first-order valence-corrected chi connectivity index (χ1v) is 6.25. The molecule has 2 nitrogen and oxygen atoms in total. The molecule has 0 unspecified atom stereocenters. The maximum absolute atomic E-state index is 4.94. The van der Waals surface area contributed by atoms with Gasteiger partial charge in [0, 0.05) is 6.54 Å². The summed E-state index contributed by atoms with van der Waals surface area (Å²) in [6, 6.07) is 8.75. The molecular weight excluding hydrogens is 198 g/mol. The highest BCUT2D eigenvalue weighted by molar-refractivity contribution is 5.30. The molecule has 1 saturated carbocycles. The van der Waals surface area contributed by atoms with E-state index in [0.717, 1.165) is 12.5 Å². The van der Waals surface area contributed by atoms with Gasteiger partial charge in [-0.1, -0.05) is 43.5 Å². The van der Waals surface area contributed by atoms with Gasteiger partial charge in [0.15, 0.2) is 0 Å². The molecule has 0 spiro atoms. The van der Waals surface area contributed by atoms with Crippen LogP contribution < -0.4 is 5.48 Å². The zero-order valence-electron chi connectivity index (χ0n) is 10.0. The highest BCUT2D eigenvalue weighted by Gasteiger charge is 2.17. The van der Waals surface area contributed by atoms with Crippen molar-refractivity contribution in [3.8, 4) is 0 Å². The predicted molar refractivity (Wildman–Crippen MR) is 66.1 cm³/mol. The van der Waals surface area contributed by atoms with E-state index in [1.807, 2.05) is 0 Å². The van der Waals surface area contributed by atoms with Crippen molar-refractivity contribution in [2.75, 3.05) is 7.11 Å². The summed E-state index contributed by atoms with van der Waals surface area (Å²) in [7, 11) is 1.67. The molecule has 1 aliphatic rings. The number of hydrogen-bond acceptors (Lipinski definition) is 2. The number of hydroxylamine groups is 1. The van der Waals surface area contributed by atoms with Gasteiger partial charge in [0.25, 0.3) is 0 Å². The lowest BCUT2D eigenvalue weighted by Gasteiger charge is -2.24. The van der Waals surface area contributed by atoms with Crippen LogP contribution in [0.2, 0.25) is 0 Å². The minimum absolute atomic E-state index is 0.767. The van der Waals surface area contributed by atoms with Crippen molar-refractivity contribution in [1.82, 2.24) is 5.48 Å². The normalized spacial score (nSPS) is 17.6. The van der Waals surface area contributed by atoms with Crippen LogP contribution in [0.5, 0.6) is 0 Å². The van der Waals surface area contributed by atoms with Crippen LogP contribution in [0.4, 0.5) is 0 Å². The lowest BCUT2D eigenvalue weighted by atomic mass is 9.82. The topological polar surface area (TPSA) is 21.3 Å². The molecule has 0 bridgehead atoms. The van der Waals surface area contributed by atoms with Crippen LogP contribution >= 0.6 is 0 Å². The summed E-state index contributed by atoms with van der Waals surface area (Å²) in [5.41, 5.74) is 5.85. The van der Waals surface area contributed by atoms with Crippen LogP contribution in [0.25, 0.3) is 0 Å². The third-order valence-corrected chi connectivity index (χ3v) is 3.51. The Morgan fingerprint density at radius 2 is 1.94 bits per heavy atom. The summed E-state index contributed by atoms with van der Waals surface area (Å²) < 4.78 is 0. The molecule has 1 aliphatic carbocycles. The number of rotatable bonds is 4. The predicted octanol–water partition coefficient (Wildman–Crippen LogP) is 3.39. The maximum atomic E-state index is 4.94. The first kappa shape index (κ1) is 11.6. The summed E-state index contributed by atoms with van der Waals surface area (Å²) in [5.74, 6) is 0.767. The number of nitrogens with one attached hydrogen (secondary N) is 1.